The van der Waals surface area contributed by atoms with Crippen LogP contribution in [0, 0.1) is 0 Å². The summed E-state index contributed by atoms with van der Waals surface area (Å²) in [4.78, 5) is 12.4. The van der Waals surface area contributed by atoms with E-state index < -0.39 is 12.8 Å². The zero-order valence-electron chi connectivity index (χ0n) is 10.3. The van der Waals surface area contributed by atoms with Crippen molar-refractivity contribution in [3.8, 4) is 0 Å². The van der Waals surface area contributed by atoms with Gasteiger partial charge in [0.25, 0.3) is 0 Å². The molecule has 0 spiro atoms. The highest BCUT2D eigenvalue weighted by Crippen LogP contribution is 2.22. The van der Waals surface area contributed by atoms with Crippen LogP contribution in [-0.2, 0) is 10.6 Å². The van der Waals surface area contributed by atoms with Gasteiger partial charge >= 0.3 is 6.09 Å². The molecule has 0 aliphatic carbocycles. The molecule has 96 valence electrons. The second-order valence-electron chi connectivity index (χ2n) is 2.80. The van der Waals surface area contributed by atoms with Crippen LogP contribution in [0.1, 0.15) is 19.4 Å². The molecule has 0 unspecified atom stereocenters. The number of aliphatic hydroxyl groups is 1. The number of hydrogen-bond acceptors (Lipinski definition) is 3. The molecule has 17 heavy (non-hydrogen) atoms. The highest BCUT2D eigenvalue weighted by Gasteiger charge is 2.17. The number of alkyl halides is 1. The fourth-order valence-corrected chi connectivity index (χ4v) is 1.46. The summed E-state index contributed by atoms with van der Waals surface area (Å²) in [6.07, 6.45) is -0.616. The minimum Gasteiger partial charge on any atom is -0.452 e. The van der Waals surface area contributed by atoms with Gasteiger partial charge in [0.2, 0.25) is 0 Å². The molecule has 4 nitrogen and oxygen atoms in total. The van der Waals surface area contributed by atoms with Gasteiger partial charge in [0.1, 0.15) is 6.73 Å². The lowest BCUT2D eigenvalue weighted by atomic mass is 10.2. The van der Waals surface area contributed by atoms with Gasteiger partial charge in [-0.1, -0.05) is 32.0 Å². The maximum absolute atomic E-state index is 11.3. The lowest BCUT2D eigenvalue weighted by molar-refractivity contribution is 0.168. The van der Waals surface area contributed by atoms with Crippen LogP contribution in [0.2, 0.25) is 0 Å². The van der Waals surface area contributed by atoms with Gasteiger partial charge in [0.05, 0.1) is 12.8 Å². The Morgan fingerprint density at radius 2 is 2.00 bits per heavy atom. The lowest BCUT2D eigenvalue weighted by Gasteiger charge is -2.20. The van der Waals surface area contributed by atoms with Crippen molar-refractivity contribution < 1.29 is 14.6 Å². The Morgan fingerprint density at radius 1 is 1.41 bits per heavy atom. The van der Waals surface area contributed by atoms with Gasteiger partial charge in [-0.2, -0.15) is 0 Å². The molecule has 1 amide bonds. The monoisotopic (exact) mass is 259 g/mol. The molecule has 0 fully saturated rings. The summed E-state index contributed by atoms with van der Waals surface area (Å²) in [5, 5.41) is 9.08. The van der Waals surface area contributed by atoms with Crippen LogP contribution >= 0.6 is 11.6 Å². The number of methoxy groups -OCH3 is 1. The first-order valence-corrected chi connectivity index (χ1v) is 5.88. The van der Waals surface area contributed by atoms with Crippen LogP contribution in [0.15, 0.2) is 24.3 Å². The van der Waals surface area contributed by atoms with E-state index in [1.165, 1.54) is 7.11 Å². The third-order valence-electron chi connectivity index (χ3n) is 1.96. The van der Waals surface area contributed by atoms with E-state index in [0.717, 1.165) is 10.5 Å². The van der Waals surface area contributed by atoms with Gasteiger partial charge in [0.15, 0.2) is 0 Å². The maximum Gasteiger partial charge on any atom is 0.415 e. The minimum atomic E-state index is -0.616. The summed E-state index contributed by atoms with van der Waals surface area (Å²) >= 11 is 5.72. The number of aliphatic hydroxyl groups excluding tert-OH is 1. The molecule has 1 rings (SSSR count). The van der Waals surface area contributed by atoms with Gasteiger partial charge in [0, 0.05) is 5.88 Å². The third-order valence-corrected chi connectivity index (χ3v) is 2.25. The highest BCUT2D eigenvalue weighted by molar-refractivity contribution is 6.17. The van der Waals surface area contributed by atoms with Crippen molar-refractivity contribution >= 4 is 23.4 Å². The number of amides is 1. The molecular formula is C12H18ClNO3. The summed E-state index contributed by atoms with van der Waals surface area (Å²) in [7, 11) is 1.26. The van der Waals surface area contributed by atoms with Crippen LogP contribution in [-0.4, -0.2) is 25.0 Å². The number of carbonyl (C=O) groups is 1. The molecule has 0 atom stereocenters. The molecule has 0 bridgehead atoms. The Balaban J connectivity index is 0.00000121. The zero-order valence-corrected chi connectivity index (χ0v) is 11.1. The SMILES string of the molecule is CC.COC(=O)N(CO)c1ccccc1CCl. The molecule has 0 aliphatic heterocycles. The fraction of sp³-hybridized carbons (Fsp3) is 0.417. The molecule has 5 heteroatoms. The predicted octanol–water partition coefficient (Wildman–Crippen LogP) is 2.97. The van der Waals surface area contributed by atoms with Crippen LogP contribution in [0.3, 0.4) is 0 Å². The molecule has 0 saturated carbocycles. The number of halogens is 1. The van der Waals surface area contributed by atoms with Crippen molar-refractivity contribution in [3.05, 3.63) is 29.8 Å². The number of carbonyl (C=O) groups excluding carboxylic acids is 1. The van der Waals surface area contributed by atoms with E-state index in [2.05, 4.69) is 4.74 Å². The molecule has 1 aromatic rings. The quantitative estimate of drug-likeness (QED) is 0.671. The van der Waals surface area contributed by atoms with Gasteiger partial charge in [-0.05, 0) is 11.6 Å². The number of benzene rings is 1. The van der Waals surface area contributed by atoms with Crippen LogP contribution in [0.5, 0.6) is 0 Å². The minimum absolute atomic E-state index is 0.268. The molecule has 0 aromatic heterocycles. The van der Waals surface area contributed by atoms with Crippen LogP contribution in [0.4, 0.5) is 10.5 Å². The third kappa shape index (κ3) is 4.24. The van der Waals surface area contributed by atoms with E-state index in [4.69, 9.17) is 16.7 Å². The Kier molecular flexibility index (Phi) is 8.19. The molecule has 1 aromatic carbocycles. The number of rotatable bonds is 3. The van der Waals surface area contributed by atoms with Gasteiger partial charge in [-0.15, -0.1) is 11.6 Å². The lowest BCUT2D eigenvalue weighted by Crippen LogP contribution is -2.32. The second kappa shape index (κ2) is 8.84. The molecular weight excluding hydrogens is 242 g/mol. The summed E-state index contributed by atoms with van der Waals surface area (Å²) in [5.41, 5.74) is 1.32. The molecule has 1 N–H and O–H groups in total. The van der Waals surface area contributed by atoms with Crippen molar-refractivity contribution in [1.82, 2.24) is 0 Å². The molecule has 0 radical (unpaired) electrons. The summed E-state index contributed by atoms with van der Waals surface area (Å²) in [5.74, 6) is 0.268. The first-order chi connectivity index (χ1) is 8.24. The molecule has 0 aliphatic rings. The first-order valence-electron chi connectivity index (χ1n) is 5.34. The van der Waals surface area contributed by atoms with Gasteiger partial charge < -0.3 is 9.84 Å². The Bertz CT molecular complexity index is 344. The van der Waals surface area contributed by atoms with Gasteiger partial charge in [-0.3, -0.25) is 4.90 Å². The van der Waals surface area contributed by atoms with E-state index in [9.17, 15) is 4.79 Å². The Morgan fingerprint density at radius 3 is 2.47 bits per heavy atom. The van der Waals surface area contributed by atoms with Crippen molar-refractivity contribution in [2.24, 2.45) is 0 Å². The van der Waals surface area contributed by atoms with Crippen molar-refractivity contribution in [2.75, 3.05) is 18.7 Å². The van der Waals surface area contributed by atoms with Crippen LogP contribution < -0.4 is 4.90 Å². The fourth-order valence-electron chi connectivity index (χ4n) is 1.23. The Hall–Kier alpha value is -1.26. The molecule has 0 saturated heterocycles. The zero-order chi connectivity index (χ0) is 13.3. The largest absolute Gasteiger partial charge is 0.452 e. The average molecular weight is 260 g/mol. The topological polar surface area (TPSA) is 49.8 Å². The Labute approximate surface area is 107 Å². The van der Waals surface area contributed by atoms with Crippen molar-refractivity contribution in [1.29, 1.82) is 0 Å². The maximum atomic E-state index is 11.3. The number of nitrogens with zero attached hydrogens (tertiary/aromatic N) is 1. The smallest absolute Gasteiger partial charge is 0.415 e. The number of anilines is 1. The van der Waals surface area contributed by atoms with Crippen LogP contribution in [0.25, 0.3) is 0 Å². The van der Waals surface area contributed by atoms with E-state index in [1.54, 1.807) is 18.2 Å². The van der Waals surface area contributed by atoms with Gasteiger partial charge in [-0.25, -0.2) is 4.79 Å². The standard InChI is InChI=1S/C10H12ClNO3.C2H6/c1-15-10(14)12(7-13)9-5-3-2-4-8(9)6-11;1-2/h2-5,13H,6-7H2,1H3;1-2H3. The highest BCUT2D eigenvalue weighted by atomic mass is 35.5. The number of hydrogen-bond donors (Lipinski definition) is 1. The summed E-state index contributed by atoms with van der Waals surface area (Å²) in [6, 6.07) is 7.06. The number of ether oxygens (including phenoxy) is 1. The van der Waals surface area contributed by atoms with E-state index in [1.807, 2.05) is 19.9 Å². The van der Waals surface area contributed by atoms with Crippen molar-refractivity contribution in [2.45, 2.75) is 19.7 Å². The predicted molar refractivity (Wildman–Crippen MR) is 69.3 cm³/mol. The van der Waals surface area contributed by atoms with Crippen molar-refractivity contribution in [3.63, 3.8) is 0 Å². The van der Waals surface area contributed by atoms with E-state index in [0.29, 0.717) is 5.69 Å². The number of para-hydroxylation sites is 1. The summed E-state index contributed by atoms with van der Waals surface area (Å²) < 4.78 is 4.54. The summed E-state index contributed by atoms with van der Waals surface area (Å²) in [6.45, 7) is 3.56. The first kappa shape index (κ1) is 15.7. The van der Waals surface area contributed by atoms with E-state index in [-0.39, 0.29) is 5.88 Å². The second-order valence-corrected chi connectivity index (χ2v) is 3.07. The molecule has 0 heterocycles. The van der Waals surface area contributed by atoms with E-state index >= 15 is 0 Å². The normalized spacial score (nSPS) is 9.00. The average Bonchev–Trinajstić information content (AvgIpc) is 2.42.